The van der Waals surface area contributed by atoms with Crippen LogP contribution in [0, 0.1) is 20.8 Å². The lowest BCUT2D eigenvalue weighted by Gasteiger charge is -2.10. The number of benzene rings is 1. The van der Waals surface area contributed by atoms with E-state index < -0.39 is 0 Å². The molecule has 15 heavy (non-hydrogen) atoms. The molecule has 0 radical (unpaired) electrons. The largest absolute Gasteiger partial charge is 0.239 e. The van der Waals surface area contributed by atoms with E-state index in [4.69, 9.17) is 0 Å². The molecule has 1 heterocycles. The molecule has 1 aromatic carbocycles. The number of aromatic nitrogens is 2. The zero-order valence-corrected chi connectivity index (χ0v) is 10.7. The fourth-order valence-corrected chi connectivity index (χ4v) is 2.24. The molecule has 0 N–H and O–H groups in total. The minimum absolute atomic E-state index is 1.00. The van der Waals surface area contributed by atoms with Crippen molar-refractivity contribution in [1.82, 2.24) is 9.78 Å². The number of halogens is 1. The van der Waals surface area contributed by atoms with E-state index in [0.717, 1.165) is 4.47 Å². The van der Waals surface area contributed by atoms with Crippen LogP contribution in [0.3, 0.4) is 0 Å². The maximum absolute atomic E-state index is 4.31. The lowest BCUT2D eigenvalue weighted by atomic mass is 10.1. The number of hydrogen-bond donors (Lipinski definition) is 0. The maximum atomic E-state index is 4.31. The predicted molar refractivity (Wildman–Crippen MR) is 65.5 cm³/mol. The molecule has 0 saturated carbocycles. The second kappa shape index (κ2) is 3.81. The zero-order valence-electron chi connectivity index (χ0n) is 9.08. The Morgan fingerprint density at radius 3 is 2.20 bits per heavy atom. The molecule has 0 aliphatic heterocycles. The van der Waals surface area contributed by atoms with Crippen molar-refractivity contribution in [2.75, 3.05) is 0 Å². The number of nitrogens with zero attached hydrogens (tertiary/aromatic N) is 2. The number of hydrogen-bond acceptors (Lipinski definition) is 1. The van der Waals surface area contributed by atoms with Crippen LogP contribution in [-0.4, -0.2) is 9.78 Å². The van der Waals surface area contributed by atoms with Crippen LogP contribution in [0.2, 0.25) is 0 Å². The summed E-state index contributed by atoms with van der Waals surface area (Å²) in [6.07, 6.45) is 3.78. The molecule has 0 atom stereocenters. The van der Waals surface area contributed by atoms with Gasteiger partial charge in [-0.15, -0.1) is 0 Å². The predicted octanol–water partition coefficient (Wildman–Crippen LogP) is 3.56. The van der Waals surface area contributed by atoms with E-state index >= 15 is 0 Å². The summed E-state index contributed by atoms with van der Waals surface area (Å²) in [6, 6.07) is 4.36. The highest BCUT2D eigenvalue weighted by atomic mass is 79.9. The van der Waals surface area contributed by atoms with Gasteiger partial charge in [0.25, 0.3) is 0 Å². The highest BCUT2D eigenvalue weighted by molar-refractivity contribution is 9.10. The van der Waals surface area contributed by atoms with Crippen molar-refractivity contribution in [3.05, 3.63) is 45.7 Å². The molecule has 2 nitrogen and oxygen atoms in total. The average Bonchev–Trinajstić information content (AvgIpc) is 2.49. The van der Waals surface area contributed by atoms with Crippen molar-refractivity contribution in [3.63, 3.8) is 0 Å². The number of rotatable bonds is 1. The van der Waals surface area contributed by atoms with Crippen molar-refractivity contribution < 1.29 is 0 Å². The molecular formula is C12H13BrN2. The lowest BCUT2D eigenvalue weighted by Crippen LogP contribution is -2.00. The number of aryl methyl sites for hydroxylation is 3. The first kappa shape index (κ1) is 10.4. The molecule has 78 valence electrons. The first-order valence-corrected chi connectivity index (χ1v) is 5.65. The zero-order chi connectivity index (χ0) is 11.0. The van der Waals surface area contributed by atoms with Crippen molar-refractivity contribution in [1.29, 1.82) is 0 Å². The Morgan fingerprint density at radius 2 is 1.73 bits per heavy atom. The van der Waals surface area contributed by atoms with Crippen LogP contribution >= 0.6 is 15.9 Å². The third kappa shape index (κ3) is 1.97. The summed E-state index contributed by atoms with van der Waals surface area (Å²) in [5.41, 5.74) is 4.97. The van der Waals surface area contributed by atoms with E-state index in [9.17, 15) is 0 Å². The van der Waals surface area contributed by atoms with Gasteiger partial charge in [0.15, 0.2) is 0 Å². The quantitative estimate of drug-likeness (QED) is 0.770. The Balaban J connectivity index is 2.62. The van der Waals surface area contributed by atoms with Crippen molar-refractivity contribution in [2.45, 2.75) is 20.8 Å². The maximum Gasteiger partial charge on any atom is 0.0704 e. The molecule has 3 heteroatoms. The first-order chi connectivity index (χ1) is 7.08. The van der Waals surface area contributed by atoms with Gasteiger partial charge in [-0.25, -0.2) is 4.68 Å². The van der Waals surface area contributed by atoms with Crippen LogP contribution in [0.4, 0.5) is 0 Å². The highest BCUT2D eigenvalue weighted by Crippen LogP contribution is 2.21. The summed E-state index contributed by atoms with van der Waals surface area (Å²) in [5.74, 6) is 0. The van der Waals surface area contributed by atoms with Gasteiger partial charge in [0.2, 0.25) is 0 Å². The molecule has 2 rings (SSSR count). The van der Waals surface area contributed by atoms with E-state index in [1.54, 1.807) is 6.20 Å². The Labute approximate surface area is 98.1 Å². The van der Waals surface area contributed by atoms with Crippen LogP contribution < -0.4 is 0 Å². The fourth-order valence-electron chi connectivity index (χ4n) is 1.96. The summed E-state index contributed by atoms with van der Waals surface area (Å²) in [6.45, 7) is 6.35. The molecule has 0 saturated heterocycles. The van der Waals surface area contributed by atoms with Gasteiger partial charge in [0.05, 0.1) is 16.4 Å². The molecule has 2 aromatic rings. The molecule has 0 aliphatic rings. The smallest absolute Gasteiger partial charge is 0.0704 e. The topological polar surface area (TPSA) is 17.8 Å². The van der Waals surface area contributed by atoms with Crippen LogP contribution in [0.25, 0.3) is 5.69 Å². The third-order valence-electron chi connectivity index (χ3n) is 2.42. The Bertz CT molecular complexity index is 477. The molecule has 0 unspecified atom stereocenters. The summed E-state index contributed by atoms with van der Waals surface area (Å²) < 4.78 is 2.91. The van der Waals surface area contributed by atoms with Crippen molar-refractivity contribution in [2.24, 2.45) is 0 Å². The highest BCUT2D eigenvalue weighted by Gasteiger charge is 2.06. The van der Waals surface area contributed by atoms with Crippen LogP contribution in [0.15, 0.2) is 29.0 Å². The van der Waals surface area contributed by atoms with E-state index in [-0.39, 0.29) is 0 Å². The van der Waals surface area contributed by atoms with Gasteiger partial charge in [-0.1, -0.05) is 17.7 Å². The van der Waals surface area contributed by atoms with Gasteiger partial charge in [0.1, 0.15) is 0 Å². The normalized spacial score (nSPS) is 10.7. The van der Waals surface area contributed by atoms with E-state index in [2.05, 4.69) is 53.9 Å². The molecule has 1 aromatic heterocycles. The van der Waals surface area contributed by atoms with E-state index in [1.165, 1.54) is 22.4 Å². The van der Waals surface area contributed by atoms with E-state index in [0.29, 0.717) is 0 Å². The first-order valence-electron chi connectivity index (χ1n) is 4.86. The Hall–Kier alpha value is -1.09. The summed E-state index contributed by atoms with van der Waals surface area (Å²) >= 11 is 3.41. The molecular weight excluding hydrogens is 252 g/mol. The molecule has 0 fully saturated rings. The minimum Gasteiger partial charge on any atom is -0.239 e. The van der Waals surface area contributed by atoms with Gasteiger partial charge in [-0.3, -0.25) is 0 Å². The third-order valence-corrected chi connectivity index (χ3v) is 2.83. The van der Waals surface area contributed by atoms with Gasteiger partial charge in [0, 0.05) is 6.20 Å². The van der Waals surface area contributed by atoms with Crippen LogP contribution in [-0.2, 0) is 0 Å². The lowest BCUT2D eigenvalue weighted by molar-refractivity contribution is 0.863. The van der Waals surface area contributed by atoms with Crippen LogP contribution in [0.1, 0.15) is 16.7 Å². The average molecular weight is 265 g/mol. The van der Waals surface area contributed by atoms with Crippen LogP contribution in [0.5, 0.6) is 0 Å². The molecule has 0 bridgehead atoms. The summed E-state index contributed by atoms with van der Waals surface area (Å²) in [4.78, 5) is 0. The second-order valence-electron chi connectivity index (χ2n) is 3.85. The SMILES string of the molecule is Cc1cc(C)c(-n2cc(Br)cn2)c(C)c1. The molecule has 0 spiro atoms. The molecule has 0 aliphatic carbocycles. The van der Waals surface area contributed by atoms with E-state index in [1.807, 2.05) is 10.9 Å². The monoisotopic (exact) mass is 264 g/mol. The summed E-state index contributed by atoms with van der Waals surface area (Å²) in [7, 11) is 0. The van der Waals surface area contributed by atoms with Gasteiger partial charge in [-0.2, -0.15) is 5.10 Å². The van der Waals surface area contributed by atoms with Crippen molar-refractivity contribution >= 4 is 15.9 Å². The van der Waals surface area contributed by atoms with Gasteiger partial charge in [-0.05, 0) is 47.8 Å². The van der Waals surface area contributed by atoms with Gasteiger partial charge < -0.3 is 0 Å². The molecule has 0 amide bonds. The standard InChI is InChI=1S/C12H13BrN2/c1-8-4-9(2)12(10(3)5-8)15-7-11(13)6-14-15/h4-7H,1-3H3. The fraction of sp³-hybridized carbons (Fsp3) is 0.250. The Kier molecular flexibility index (Phi) is 2.65. The summed E-state index contributed by atoms with van der Waals surface area (Å²) in [5, 5.41) is 4.31. The van der Waals surface area contributed by atoms with Crippen molar-refractivity contribution in [3.8, 4) is 5.69 Å². The second-order valence-corrected chi connectivity index (χ2v) is 4.77. The Morgan fingerprint density at radius 1 is 1.13 bits per heavy atom. The minimum atomic E-state index is 1.00. The van der Waals surface area contributed by atoms with Gasteiger partial charge >= 0.3 is 0 Å².